The molecule has 0 aliphatic rings. The van der Waals surface area contributed by atoms with Crippen molar-refractivity contribution in [1.29, 1.82) is 0 Å². The third-order valence-corrected chi connectivity index (χ3v) is 4.03. The monoisotopic (exact) mass is 378 g/mol. The van der Waals surface area contributed by atoms with E-state index in [2.05, 4.69) is 15.6 Å². The fourth-order valence-electron chi connectivity index (χ4n) is 2.47. The molecule has 4 N–H and O–H groups in total. The number of anilines is 3. The molecule has 3 aromatic rings. The number of nitrogens with two attached hydrogens (primary N) is 1. The first-order valence-corrected chi connectivity index (χ1v) is 8.90. The molecule has 0 radical (unpaired) electrons. The van der Waals surface area contributed by atoms with E-state index in [4.69, 9.17) is 17.3 Å². The van der Waals surface area contributed by atoms with Crippen molar-refractivity contribution in [2.24, 2.45) is 10.7 Å². The van der Waals surface area contributed by atoms with E-state index in [1.807, 2.05) is 54.6 Å². The zero-order valence-corrected chi connectivity index (χ0v) is 15.3. The number of aliphatic imine (C=N–C) groups is 1. The Morgan fingerprint density at radius 1 is 0.852 bits per heavy atom. The molecule has 6 heteroatoms. The molecule has 1 amide bonds. The van der Waals surface area contributed by atoms with Crippen molar-refractivity contribution in [2.75, 3.05) is 16.5 Å². The highest BCUT2D eigenvalue weighted by Gasteiger charge is 2.11. The van der Waals surface area contributed by atoms with Crippen molar-refractivity contribution in [3.8, 4) is 0 Å². The topological polar surface area (TPSA) is 79.5 Å². The molecular weight excluding hydrogens is 360 g/mol. The summed E-state index contributed by atoms with van der Waals surface area (Å²) in [4.78, 5) is 16.8. The molecule has 0 aliphatic heterocycles. The number of benzene rings is 3. The smallest absolute Gasteiger partial charge is 0.257 e. The van der Waals surface area contributed by atoms with E-state index in [1.54, 1.807) is 24.3 Å². The van der Waals surface area contributed by atoms with Crippen LogP contribution in [0.3, 0.4) is 0 Å². The average Bonchev–Trinajstić information content (AvgIpc) is 2.70. The van der Waals surface area contributed by atoms with Gasteiger partial charge in [0.1, 0.15) is 5.84 Å². The largest absolute Gasteiger partial charge is 0.386 e. The number of carbonyl (C=O) groups is 1. The molecule has 27 heavy (non-hydrogen) atoms. The zero-order valence-electron chi connectivity index (χ0n) is 14.5. The number of para-hydroxylation sites is 2. The van der Waals surface area contributed by atoms with Crippen LogP contribution >= 0.6 is 11.6 Å². The quantitative estimate of drug-likeness (QED) is 0.324. The third kappa shape index (κ3) is 5.09. The van der Waals surface area contributed by atoms with Gasteiger partial charge in [0.2, 0.25) is 0 Å². The third-order valence-electron chi connectivity index (χ3n) is 3.75. The maximum absolute atomic E-state index is 12.6. The number of carbonyl (C=O) groups excluding carboxylic acids is 1. The van der Waals surface area contributed by atoms with Crippen LogP contribution in [0.15, 0.2) is 83.9 Å². The minimum atomic E-state index is -0.263. The molecule has 0 spiro atoms. The van der Waals surface area contributed by atoms with E-state index < -0.39 is 0 Å². The van der Waals surface area contributed by atoms with Gasteiger partial charge in [-0.3, -0.25) is 4.79 Å². The van der Waals surface area contributed by atoms with Gasteiger partial charge in [-0.25, -0.2) is 4.99 Å². The Bertz CT molecular complexity index is 940. The summed E-state index contributed by atoms with van der Waals surface area (Å²) in [6.07, 6.45) is 0. The maximum atomic E-state index is 12.6. The molecule has 0 bridgehead atoms. The van der Waals surface area contributed by atoms with Crippen molar-refractivity contribution >= 4 is 46.1 Å². The van der Waals surface area contributed by atoms with E-state index in [9.17, 15) is 4.79 Å². The summed E-state index contributed by atoms with van der Waals surface area (Å²) in [5.74, 6) is 0.0972. The van der Waals surface area contributed by atoms with Gasteiger partial charge in [-0.05, 0) is 48.5 Å². The van der Waals surface area contributed by atoms with Gasteiger partial charge < -0.3 is 16.4 Å². The van der Waals surface area contributed by atoms with Crippen LogP contribution in [0.25, 0.3) is 0 Å². The molecule has 0 saturated carbocycles. The van der Waals surface area contributed by atoms with Crippen molar-refractivity contribution in [1.82, 2.24) is 0 Å². The number of nitrogens with one attached hydrogen (secondary N) is 2. The summed E-state index contributed by atoms with van der Waals surface area (Å²) in [6.45, 7) is 0. The average molecular weight is 379 g/mol. The summed E-state index contributed by atoms with van der Waals surface area (Å²) >= 11 is 5.67. The highest BCUT2D eigenvalue weighted by molar-refractivity contribution is 6.28. The minimum Gasteiger partial charge on any atom is -0.386 e. The number of amidine groups is 1. The number of amides is 1. The normalized spacial score (nSPS) is 11.1. The molecule has 0 saturated heterocycles. The Hall–Kier alpha value is -3.31. The number of halogens is 1. The molecule has 0 heterocycles. The van der Waals surface area contributed by atoms with Gasteiger partial charge in [0.25, 0.3) is 5.91 Å². The van der Waals surface area contributed by atoms with E-state index in [-0.39, 0.29) is 17.6 Å². The number of rotatable bonds is 6. The van der Waals surface area contributed by atoms with Crippen LogP contribution in [0.1, 0.15) is 10.4 Å². The second-order valence-electron chi connectivity index (χ2n) is 5.78. The summed E-state index contributed by atoms with van der Waals surface area (Å²) in [6, 6.07) is 24.3. The fraction of sp³-hybridized carbons (Fsp3) is 0.0476. The zero-order chi connectivity index (χ0) is 19.1. The lowest BCUT2D eigenvalue weighted by Gasteiger charge is -2.10. The minimum absolute atomic E-state index is 0.103. The SMILES string of the molecule is NC(CCl)=Nc1ccccc1C(=O)Nc1ccc(Nc2ccccc2)cc1. The van der Waals surface area contributed by atoms with Gasteiger partial charge in [-0.15, -0.1) is 11.6 Å². The number of nitrogens with zero attached hydrogens (tertiary/aromatic N) is 1. The van der Waals surface area contributed by atoms with E-state index in [0.717, 1.165) is 11.4 Å². The Labute approximate surface area is 162 Å². The summed E-state index contributed by atoms with van der Waals surface area (Å²) in [5, 5.41) is 6.17. The van der Waals surface area contributed by atoms with Crippen LogP contribution in [0.4, 0.5) is 22.7 Å². The van der Waals surface area contributed by atoms with Gasteiger partial charge in [0.15, 0.2) is 0 Å². The lowest BCUT2D eigenvalue weighted by Crippen LogP contribution is -2.15. The molecule has 0 unspecified atom stereocenters. The molecule has 0 aliphatic carbocycles. The van der Waals surface area contributed by atoms with Crippen LogP contribution in [-0.4, -0.2) is 17.6 Å². The van der Waals surface area contributed by atoms with Crippen LogP contribution in [-0.2, 0) is 0 Å². The van der Waals surface area contributed by atoms with Gasteiger partial charge in [-0.1, -0.05) is 30.3 Å². The van der Waals surface area contributed by atoms with Gasteiger partial charge >= 0.3 is 0 Å². The molecular formula is C21H19ClN4O. The van der Waals surface area contributed by atoms with Gasteiger partial charge in [0.05, 0.1) is 17.1 Å². The molecule has 136 valence electrons. The lowest BCUT2D eigenvalue weighted by molar-refractivity contribution is 0.102. The highest BCUT2D eigenvalue weighted by atomic mass is 35.5. The Morgan fingerprint density at radius 3 is 2.15 bits per heavy atom. The summed E-state index contributed by atoms with van der Waals surface area (Å²) in [5.41, 5.74) is 9.21. The summed E-state index contributed by atoms with van der Waals surface area (Å²) in [7, 11) is 0. The van der Waals surface area contributed by atoms with E-state index >= 15 is 0 Å². The first-order chi connectivity index (χ1) is 13.2. The second-order valence-corrected chi connectivity index (χ2v) is 6.04. The van der Waals surface area contributed by atoms with E-state index in [0.29, 0.717) is 16.9 Å². The molecule has 0 fully saturated rings. The van der Waals surface area contributed by atoms with Crippen LogP contribution in [0.5, 0.6) is 0 Å². The standard InChI is InChI=1S/C21H19ClN4O/c22-14-20(23)26-19-9-5-4-8-18(19)21(27)25-17-12-10-16(11-13-17)24-15-6-2-1-3-7-15/h1-13,24H,14H2,(H2,23,26)(H,25,27). The lowest BCUT2D eigenvalue weighted by atomic mass is 10.1. The van der Waals surface area contributed by atoms with Crippen molar-refractivity contribution in [3.63, 3.8) is 0 Å². The van der Waals surface area contributed by atoms with Crippen LogP contribution in [0, 0.1) is 0 Å². The Balaban J connectivity index is 1.72. The molecule has 0 atom stereocenters. The van der Waals surface area contributed by atoms with Crippen molar-refractivity contribution < 1.29 is 4.79 Å². The summed E-state index contributed by atoms with van der Waals surface area (Å²) < 4.78 is 0. The molecule has 5 nitrogen and oxygen atoms in total. The number of hydrogen-bond donors (Lipinski definition) is 3. The molecule has 3 rings (SSSR count). The number of hydrogen-bond acceptors (Lipinski definition) is 3. The predicted molar refractivity (Wildman–Crippen MR) is 113 cm³/mol. The fourth-order valence-corrected chi connectivity index (χ4v) is 2.53. The Morgan fingerprint density at radius 2 is 1.44 bits per heavy atom. The first-order valence-electron chi connectivity index (χ1n) is 8.37. The molecule has 0 aromatic heterocycles. The second kappa shape index (κ2) is 8.87. The van der Waals surface area contributed by atoms with Crippen LogP contribution < -0.4 is 16.4 Å². The first kappa shape index (κ1) is 18.5. The van der Waals surface area contributed by atoms with E-state index in [1.165, 1.54) is 0 Å². The highest BCUT2D eigenvalue weighted by Crippen LogP contribution is 2.22. The Kier molecular flexibility index (Phi) is 6.07. The number of alkyl halides is 1. The predicted octanol–water partition coefficient (Wildman–Crippen LogP) is 4.91. The van der Waals surface area contributed by atoms with Gasteiger partial charge in [-0.2, -0.15) is 0 Å². The van der Waals surface area contributed by atoms with Crippen molar-refractivity contribution in [3.05, 3.63) is 84.4 Å². The van der Waals surface area contributed by atoms with Crippen molar-refractivity contribution in [2.45, 2.75) is 0 Å². The molecule has 3 aromatic carbocycles. The van der Waals surface area contributed by atoms with Crippen LogP contribution in [0.2, 0.25) is 0 Å². The maximum Gasteiger partial charge on any atom is 0.257 e. The van der Waals surface area contributed by atoms with Gasteiger partial charge in [0, 0.05) is 17.1 Å².